The number of rotatable bonds is 5. The molecular formula is C16H25N3O2. The highest BCUT2D eigenvalue weighted by molar-refractivity contribution is 5.87. The molecule has 0 spiro atoms. The molecule has 0 heterocycles. The molecule has 0 saturated heterocycles. The molecule has 0 bridgehead atoms. The van der Waals surface area contributed by atoms with Crippen molar-refractivity contribution in [2.24, 2.45) is 5.73 Å². The number of benzene rings is 1. The predicted molar refractivity (Wildman–Crippen MR) is 84.3 cm³/mol. The van der Waals surface area contributed by atoms with Gasteiger partial charge in [0.15, 0.2) is 0 Å². The van der Waals surface area contributed by atoms with Gasteiger partial charge in [0.1, 0.15) is 0 Å². The molecule has 3 atom stereocenters. The Labute approximate surface area is 126 Å². The second-order valence-corrected chi connectivity index (χ2v) is 5.66. The third-order valence-corrected chi connectivity index (χ3v) is 4.15. The van der Waals surface area contributed by atoms with Crippen molar-refractivity contribution in [1.29, 1.82) is 0 Å². The first-order chi connectivity index (χ1) is 10.1. The Bertz CT molecular complexity index is 461. The minimum atomic E-state index is -0.543. The predicted octanol–water partition coefficient (Wildman–Crippen LogP) is 2.79. The van der Waals surface area contributed by atoms with E-state index in [1.807, 2.05) is 24.3 Å². The first-order valence-electron chi connectivity index (χ1n) is 7.55. The van der Waals surface area contributed by atoms with E-state index >= 15 is 0 Å². The van der Waals surface area contributed by atoms with Gasteiger partial charge in [-0.15, -0.1) is 0 Å². The lowest BCUT2D eigenvalue weighted by molar-refractivity contribution is 0.0384. The van der Waals surface area contributed by atoms with E-state index in [0.717, 1.165) is 12.8 Å². The number of hydrogen-bond acceptors (Lipinski definition) is 3. The molecule has 4 N–H and O–H groups in total. The smallest absolute Gasteiger partial charge is 0.316 e. The monoisotopic (exact) mass is 291 g/mol. The van der Waals surface area contributed by atoms with Gasteiger partial charge in [-0.3, -0.25) is 0 Å². The van der Waals surface area contributed by atoms with Crippen molar-refractivity contribution in [3.63, 3.8) is 0 Å². The van der Waals surface area contributed by atoms with Crippen LogP contribution < -0.4 is 16.4 Å². The average Bonchev–Trinajstić information content (AvgIpc) is 2.48. The van der Waals surface area contributed by atoms with Gasteiger partial charge in [0, 0.05) is 24.9 Å². The zero-order chi connectivity index (χ0) is 15.2. The van der Waals surface area contributed by atoms with Crippen LogP contribution in [0.25, 0.3) is 0 Å². The topological polar surface area (TPSA) is 76.4 Å². The largest absolute Gasteiger partial charge is 0.380 e. The summed E-state index contributed by atoms with van der Waals surface area (Å²) in [5.41, 5.74) is 7.00. The van der Waals surface area contributed by atoms with Crippen molar-refractivity contribution in [1.82, 2.24) is 5.32 Å². The van der Waals surface area contributed by atoms with Gasteiger partial charge in [0.05, 0.1) is 6.10 Å². The van der Waals surface area contributed by atoms with E-state index in [-0.39, 0.29) is 6.04 Å². The number of methoxy groups -OCH3 is 1. The molecule has 21 heavy (non-hydrogen) atoms. The zero-order valence-corrected chi connectivity index (χ0v) is 12.8. The van der Waals surface area contributed by atoms with Crippen LogP contribution in [0.3, 0.4) is 0 Å². The van der Waals surface area contributed by atoms with Crippen molar-refractivity contribution >= 4 is 11.7 Å². The number of carbonyl (C=O) groups is 1. The number of nitrogens with two attached hydrogens (primary N) is 1. The molecule has 1 aliphatic carbocycles. The first kappa shape index (κ1) is 15.8. The molecule has 1 aromatic rings. The van der Waals surface area contributed by atoms with Gasteiger partial charge in [-0.25, -0.2) is 4.79 Å². The molecular weight excluding hydrogens is 266 g/mol. The molecule has 3 unspecified atom stereocenters. The summed E-state index contributed by atoms with van der Waals surface area (Å²) in [6.45, 7) is 2.15. The maximum absolute atomic E-state index is 10.8. The zero-order valence-electron chi connectivity index (χ0n) is 12.8. The van der Waals surface area contributed by atoms with Crippen LogP contribution >= 0.6 is 0 Å². The van der Waals surface area contributed by atoms with Crippen LogP contribution in [0.15, 0.2) is 24.3 Å². The van der Waals surface area contributed by atoms with Crippen LogP contribution in [-0.4, -0.2) is 25.3 Å². The summed E-state index contributed by atoms with van der Waals surface area (Å²) in [6.07, 6.45) is 5.09. The molecule has 1 saturated carbocycles. The molecule has 2 amide bonds. The molecule has 5 heteroatoms. The fourth-order valence-corrected chi connectivity index (χ4v) is 2.98. The van der Waals surface area contributed by atoms with Gasteiger partial charge < -0.3 is 21.1 Å². The molecule has 1 fully saturated rings. The quantitative estimate of drug-likeness (QED) is 0.780. The Hall–Kier alpha value is -1.59. The minimum Gasteiger partial charge on any atom is -0.380 e. The highest BCUT2D eigenvalue weighted by Gasteiger charge is 2.26. The molecule has 0 aromatic heterocycles. The fourth-order valence-electron chi connectivity index (χ4n) is 2.98. The van der Waals surface area contributed by atoms with Crippen LogP contribution in [-0.2, 0) is 4.74 Å². The third-order valence-electron chi connectivity index (χ3n) is 4.15. The number of ether oxygens (including phenoxy) is 1. The van der Waals surface area contributed by atoms with E-state index in [2.05, 4.69) is 17.6 Å². The van der Waals surface area contributed by atoms with Crippen molar-refractivity contribution in [3.05, 3.63) is 29.8 Å². The van der Waals surface area contributed by atoms with Gasteiger partial charge in [-0.1, -0.05) is 25.0 Å². The lowest BCUT2D eigenvalue weighted by Crippen LogP contribution is -2.44. The third kappa shape index (κ3) is 4.44. The number of hydrogen-bond donors (Lipinski definition) is 3. The van der Waals surface area contributed by atoms with Gasteiger partial charge in [-0.2, -0.15) is 0 Å². The summed E-state index contributed by atoms with van der Waals surface area (Å²) in [4.78, 5) is 10.8. The summed E-state index contributed by atoms with van der Waals surface area (Å²) in [7, 11) is 1.79. The number of anilines is 1. The van der Waals surface area contributed by atoms with Crippen LogP contribution in [0.5, 0.6) is 0 Å². The first-order valence-corrected chi connectivity index (χ1v) is 7.55. The molecule has 2 rings (SSSR count). The summed E-state index contributed by atoms with van der Waals surface area (Å²) in [5.74, 6) is 0. The molecule has 0 aliphatic heterocycles. The van der Waals surface area contributed by atoms with Gasteiger partial charge in [0.2, 0.25) is 0 Å². The van der Waals surface area contributed by atoms with Gasteiger partial charge in [-0.05, 0) is 37.5 Å². The van der Waals surface area contributed by atoms with Crippen LogP contribution in [0.4, 0.5) is 10.5 Å². The van der Waals surface area contributed by atoms with E-state index in [1.54, 1.807) is 7.11 Å². The Kier molecular flexibility index (Phi) is 5.59. The number of amides is 2. The number of urea groups is 1. The second-order valence-electron chi connectivity index (χ2n) is 5.66. The summed E-state index contributed by atoms with van der Waals surface area (Å²) in [6, 6.07) is 7.86. The highest BCUT2D eigenvalue weighted by atomic mass is 16.5. The summed E-state index contributed by atoms with van der Waals surface area (Å²) < 4.78 is 5.58. The standard InChI is InChI=1S/C16H25N3O2/c1-11(18-14-5-3-4-6-15(14)21-2)12-7-9-13(10-8-12)19-16(17)20/h7-11,14-15,18H,3-6H2,1-2H3,(H3,17,19,20). The number of nitrogens with one attached hydrogen (secondary N) is 2. The average molecular weight is 291 g/mol. The lowest BCUT2D eigenvalue weighted by Gasteiger charge is -2.33. The lowest BCUT2D eigenvalue weighted by atomic mass is 9.91. The molecule has 116 valence electrons. The number of primary amides is 1. The van der Waals surface area contributed by atoms with E-state index in [0.29, 0.717) is 17.8 Å². The summed E-state index contributed by atoms with van der Waals surface area (Å²) >= 11 is 0. The van der Waals surface area contributed by atoms with Crippen molar-refractivity contribution < 1.29 is 9.53 Å². The Balaban J connectivity index is 1.95. The number of carbonyl (C=O) groups excluding carboxylic acids is 1. The van der Waals surface area contributed by atoms with E-state index in [1.165, 1.54) is 18.4 Å². The second kappa shape index (κ2) is 7.43. The Morgan fingerprint density at radius 2 is 1.95 bits per heavy atom. The Morgan fingerprint density at radius 1 is 1.29 bits per heavy atom. The Morgan fingerprint density at radius 3 is 2.57 bits per heavy atom. The highest BCUT2D eigenvalue weighted by Crippen LogP contribution is 2.24. The van der Waals surface area contributed by atoms with Crippen molar-refractivity contribution in [3.8, 4) is 0 Å². The maximum Gasteiger partial charge on any atom is 0.316 e. The van der Waals surface area contributed by atoms with E-state index in [4.69, 9.17) is 10.5 Å². The van der Waals surface area contributed by atoms with Crippen LogP contribution in [0.1, 0.15) is 44.2 Å². The molecule has 1 aromatic carbocycles. The van der Waals surface area contributed by atoms with Crippen molar-refractivity contribution in [2.45, 2.75) is 50.8 Å². The molecule has 0 radical (unpaired) electrons. The van der Waals surface area contributed by atoms with Crippen molar-refractivity contribution in [2.75, 3.05) is 12.4 Å². The minimum absolute atomic E-state index is 0.244. The van der Waals surface area contributed by atoms with Gasteiger partial charge in [0.25, 0.3) is 0 Å². The molecule has 1 aliphatic rings. The SMILES string of the molecule is COC1CCCCC1NC(C)c1ccc(NC(N)=O)cc1. The fraction of sp³-hybridized carbons (Fsp3) is 0.562. The molecule has 5 nitrogen and oxygen atoms in total. The normalized spacial score (nSPS) is 23.5. The summed E-state index contributed by atoms with van der Waals surface area (Å²) in [5, 5.41) is 6.23. The van der Waals surface area contributed by atoms with Gasteiger partial charge >= 0.3 is 6.03 Å². The van der Waals surface area contributed by atoms with E-state index in [9.17, 15) is 4.79 Å². The maximum atomic E-state index is 10.8. The van der Waals surface area contributed by atoms with E-state index < -0.39 is 6.03 Å². The van der Waals surface area contributed by atoms with Crippen LogP contribution in [0.2, 0.25) is 0 Å². The van der Waals surface area contributed by atoms with Crippen LogP contribution in [0, 0.1) is 0 Å².